The van der Waals surface area contributed by atoms with E-state index in [2.05, 4.69) is 47.8 Å². The van der Waals surface area contributed by atoms with Crippen LogP contribution in [-0.4, -0.2) is 0 Å². The third-order valence-corrected chi connectivity index (χ3v) is 5.88. The number of rotatable bonds is 2. The highest BCUT2D eigenvalue weighted by atomic mass is 79.9. The van der Waals surface area contributed by atoms with Gasteiger partial charge in [-0.15, -0.1) is 11.3 Å². The molecule has 0 spiro atoms. The van der Waals surface area contributed by atoms with Gasteiger partial charge in [0.1, 0.15) is 11.6 Å². The molecule has 1 atom stereocenters. The van der Waals surface area contributed by atoms with Gasteiger partial charge in [0.25, 0.3) is 0 Å². The minimum absolute atomic E-state index is 0.295. The molecule has 1 heterocycles. The fourth-order valence-corrected chi connectivity index (χ4v) is 5.62. The Morgan fingerprint density at radius 1 is 1.06 bits per heavy atom. The molecule has 0 saturated carbocycles. The standard InChI is InChI=1S/C12H7Br3F2S/c1-5-2-9(17)6(3-8(5)16)11(14)7-4-10(13)18-12(7)15/h2-4,11H,1H3. The summed E-state index contributed by atoms with van der Waals surface area (Å²) in [4.78, 5) is -0.385. The molecule has 0 bridgehead atoms. The van der Waals surface area contributed by atoms with Gasteiger partial charge in [0.2, 0.25) is 0 Å². The molecule has 0 fully saturated rings. The molecule has 0 N–H and O–H groups in total. The quantitative estimate of drug-likeness (QED) is 0.458. The van der Waals surface area contributed by atoms with Gasteiger partial charge in [-0.05, 0) is 68.1 Å². The zero-order chi connectivity index (χ0) is 13.4. The second kappa shape index (κ2) is 5.69. The van der Waals surface area contributed by atoms with Crippen molar-refractivity contribution in [2.45, 2.75) is 11.8 Å². The average molecular weight is 461 g/mol. The minimum atomic E-state index is -0.412. The maximum Gasteiger partial charge on any atom is 0.128 e. The molecular weight excluding hydrogens is 454 g/mol. The number of hydrogen-bond donors (Lipinski definition) is 0. The number of halogens is 5. The Bertz CT molecular complexity index is 595. The van der Waals surface area contributed by atoms with Crippen molar-refractivity contribution in [3.63, 3.8) is 0 Å². The summed E-state index contributed by atoms with van der Waals surface area (Å²) in [6.45, 7) is 1.54. The van der Waals surface area contributed by atoms with Crippen LogP contribution in [0.2, 0.25) is 0 Å². The molecule has 0 radical (unpaired) electrons. The molecule has 18 heavy (non-hydrogen) atoms. The molecule has 0 aliphatic rings. The predicted molar refractivity (Wildman–Crippen MR) is 81.6 cm³/mol. The zero-order valence-electron chi connectivity index (χ0n) is 9.11. The van der Waals surface area contributed by atoms with E-state index in [9.17, 15) is 8.78 Å². The van der Waals surface area contributed by atoms with Crippen molar-refractivity contribution in [1.29, 1.82) is 0 Å². The average Bonchev–Trinajstić information content (AvgIpc) is 2.62. The molecule has 1 unspecified atom stereocenters. The topological polar surface area (TPSA) is 0 Å². The molecule has 0 aliphatic carbocycles. The Labute approximate surface area is 133 Å². The molecule has 2 rings (SSSR count). The zero-order valence-corrected chi connectivity index (χ0v) is 14.7. The fraction of sp³-hybridized carbons (Fsp3) is 0.167. The summed E-state index contributed by atoms with van der Waals surface area (Å²) in [5.41, 5.74) is 1.47. The van der Waals surface area contributed by atoms with Crippen LogP contribution < -0.4 is 0 Å². The van der Waals surface area contributed by atoms with E-state index in [1.54, 1.807) is 6.92 Å². The summed E-state index contributed by atoms with van der Waals surface area (Å²) < 4.78 is 29.2. The van der Waals surface area contributed by atoms with Gasteiger partial charge in [-0.2, -0.15) is 0 Å². The van der Waals surface area contributed by atoms with Crippen molar-refractivity contribution in [1.82, 2.24) is 0 Å². The second-order valence-corrected chi connectivity index (χ2v) is 8.43. The van der Waals surface area contributed by atoms with E-state index in [-0.39, 0.29) is 4.83 Å². The van der Waals surface area contributed by atoms with Crippen LogP contribution >= 0.6 is 59.1 Å². The van der Waals surface area contributed by atoms with E-state index >= 15 is 0 Å². The number of hydrogen-bond acceptors (Lipinski definition) is 1. The molecule has 6 heteroatoms. The molecule has 1 aromatic heterocycles. The summed E-state index contributed by atoms with van der Waals surface area (Å²) in [5.74, 6) is -0.814. The lowest BCUT2D eigenvalue weighted by Gasteiger charge is -2.12. The van der Waals surface area contributed by atoms with Crippen molar-refractivity contribution in [3.8, 4) is 0 Å². The highest BCUT2D eigenvalue weighted by Gasteiger charge is 2.20. The lowest BCUT2D eigenvalue weighted by atomic mass is 10.0. The van der Waals surface area contributed by atoms with Crippen LogP contribution in [0.5, 0.6) is 0 Å². The predicted octanol–water partition coefficient (Wildman–Crippen LogP) is 6.34. The van der Waals surface area contributed by atoms with Gasteiger partial charge in [-0.25, -0.2) is 8.78 Å². The Balaban J connectivity index is 2.49. The van der Waals surface area contributed by atoms with Crippen LogP contribution in [0.1, 0.15) is 21.5 Å². The Hall–Kier alpha value is 0.220. The van der Waals surface area contributed by atoms with E-state index in [1.807, 2.05) is 6.07 Å². The van der Waals surface area contributed by atoms with Crippen molar-refractivity contribution in [2.75, 3.05) is 0 Å². The summed E-state index contributed by atoms with van der Waals surface area (Å²) in [7, 11) is 0. The van der Waals surface area contributed by atoms with Gasteiger partial charge in [-0.3, -0.25) is 0 Å². The van der Waals surface area contributed by atoms with Gasteiger partial charge < -0.3 is 0 Å². The van der Waals surface area contributed by atoms with Crippen LogP contribution in [0.4, 0.5) is 8.78 Å². The molecule has 0 aliphatic heterocycles. The van der Waals surface area contributed by atoms with E-state index in [1.165, 1.54) is 23.5 Å². The summed E-state index contributed by atoms with van der Waals surface area (Å²) in [6, 6.07) is 4.34. The second-order valence-electron chi connectivity index (χ2n) is 3.77. The number of benzene rings is 1. The summed E-state index contributed by atoms with van der Waals surface area (Å²) in [6.07, 6.45) is 0. The number of thiophene rings is 1. The number of aryl methyl sites for hydroxylation is 1. The van der Waals surface area contributed by atoms with Gasteiger partial charge >= 0.3 is 0 Å². The third-order valence-electron chi connectivity index (χ3n) is 2.51. The Morgan fingerprint density at radius 3 is 2.28 bits per heavy atom. The van der Waals surface area contributed by atoms with Crippen molar-refractivity contribution in [3.05, 3.63) is 54.1 Å². The van der Waals surface area contributed by atoms with Crippen LogP contribution in [0, 0.1) is 18.6 Å². The summed E-state index contributed by atoms with van der Waals surface area (Å²) in [5, 5.41) is 0. The molecular formula is C12H7Br3F2S. The van der Waals surface area contributed by atoms with E-state index in [0.29, 0.717) is 11.1 Å². The normalized spacial score (nSPS) is 12.8. The molecule has 1 aromatic carbocycles. The fourth-order valence-electron chi connectivity index (χ4n) is 1.55. The first-order valence-corrected chi connectivity index (χ1v) is 8.26. The molecule has 96 valence electrons. The van der Waals surface area contributed by atoms with Crippen molar-refractivity contribution < 1.29 is 8.78 Å². The van der Waals surface area contributed by atoms with Crippen LogP contribution in [0.3, 0.4) is 0 Å². The molecule has 0 amide bonds. The van der Waals surface area contributed by atoms with E-state index in [4.69, 9.17) is 0 Å². The van der Waals surface area contributed by atoms with Crippen LogP contribution in [0.25, 0.3) is 0 Å². The lowest BCUT2D eigenvalue weighted by Crippen LogP contribution is -1.99. The van der Waals surface area contributed by atoms with Gasteiger partial charge in [0.15, 0.2) is 0 Å². The highest BCUT2D eigenvalue weighted by Crippen LogP contribution is 2.42. The van der Waals surface area contributed by atoms with E-state index < -0.39 is 11.6 Å². The Morgan fingerprint density at radius 2 is 1.72 bits per heavy atom. The first-order chi connectivity index (χ1) is 8.40. The SMILES string of the molecule is Cc1cc(F)c(C(Br)c2cc(Br)sc2Br)cc1F. The van der Waals surface area contributed by atoms with Crippen LogP contribution in [-0.2, 0) is 0 Å². The largest absolute Gasteiger partial charge is 0.207 e. The maximum atomic E-state index is 13.9. The van der Waals surface area contributed by atoms with Crippen molar-refractivity contribution in [2.24, 2.45) is 0 Å². The first-order valence-electron chi connectivity index (χ1n) is 4.94. The van der Waals surface area contributed by atoms with Crippen molar-refractivity contribution >= 4 is 59.1 Å². The summed E-state index contributed by atoms with van der Waals surface area (Å²) >= 11 is 11.7. The van der Waals surface area contributed by atoms with Gasteiger partial charge in [0.05, 0.1) is 12.4 Å². The molecule has 0 nitrogen and oxygen atoms in total. The van der Waals surface area contributed by atoms with Crippen LogP contribution in [0.15, 0.2) is 25.8 Å². The lowest BCUT2D eigenvalue weighted by molar-refractivity contribution is 0.581. The molecule has 2 aromatic rings. The molecule has 0 saturated heterocycles. The maximum absolute atomic E-state index is 13.9. The first kappa shape index (κ1) is 14.6. The smallest absolute Gasteiger partial charge is 0.128 e. The minimum Gasteiger partial charge on any atom is -0.207 e. The number of alkyl halides is 1. The highest BCUT2D eigenvalue weighted by molar-refractivity contribution is 9.12. The van der Waals surface area contributed by atoms with Gasteiger partial charge in [0, 0.05) is 5.56 Å². The van der Waals surface area contributed by atoms with Gasteiger partial charge in [-0.1, -0.05) is 15.9 Å². The monoisotopic (exact) mass is 458 g/mol. The third kappa shape index (κ3) is 2.86. The van der Waals surface area contributed by atoms with E-state index in [0.717, 1.165) is 13.1 Å². The Kier molecular flexibility index (Phi) is 4.62.